The third-order valence-corrected chi connectivity index (χ3v) is 4.20. The highest BCUT2D eigenvalue weighted by atomic mass is 35.5. The first-order valence-corrected chi connectivity index (χ1v) is 5.69. The van der Waals surface area contributed by atoms with Gasteiger partial charge in [-0.3, -0.25) is 0 Å². The molecule has 1 aromatic heterocycles. The third-order valence-electron chi connectivity index (χ3n) is 2.37. The first-order chi connectivity index (χ1) is 5.76. The van der Waals surface area contributed by atoms with Gasteiger partial charge in [-0.05, 0) is 24.7 Å². The van der Waals surface area contributed by atoms with Crippen LogP contribution in [0.15, 0.2) is 5.51 Å². The van der Waals surface area contributed by atoms with E-state index in [0.29, 0.717) is 10.6 Å². The number of halogens is 2. The molecular weight excluding hydrogens is 213 g/mol. The Morgan fingerprint density at radius 1 is 1.58 bits per heavy atom. The van der Waals surface area contributed by atoms with Crippen LogP contribution in [0.5, 0.6) is 0 Å². The molecule has 4 heteroatoms. The summed E-state index contributed by atoms with van der Waals surface area (Å²) in [6, 6.07) is 0. The van der Waals surface area contributed by atoms with Gasteiger partial charge in [-0.1, -0.05) is 11.6 Å². The lowest BCUT2D eigenvalue weighted by molar-refractivity contribution is 0.583. The van der Waals surface area contributed by atoms with E-state index < -0.39 is 0 Å². The predicted molar refractivity (Wildman–Crippen MR) is 53.2 cm³/mol. The number of thiazole rings is 1. The van der Waals surface area contributed by atoms with Gasteiger partial charge in [-0.2, -0.15) is 0 Å². The van der Waals surface area contributed by atoms with Crippen LogP contribution in [0.4, 0.5) is 0 Å². The fourth-order valence-electron chi connectivity index (χ4n) is 1.25. The molecule has 1 saturated carbocycles. The number of aromatic nitrogens is 1. The van der Waals surface area contributed by atoms with Gasteiger partial charge < -0.3 is 0 Å². The van der Waals surface area contributed by atoms with E-state index in [2.05, 4.69) is 4.98 Å². The van der Waals surface area contributed by atoms with Gasteiger partial charge in [0.2, 0.25) is 0 Å². The molecule has 0 radical (unpaired) electrons. The predicted octanol–water partition coefficient (Wildman–Crippen LogP) is 3.36. The zero-order valence-electron chi connectivity index (χ0n) is 6.52. The van der Waals surface area contributed by atoms with E-state index in [1.54, 1.807) is 16.8 Å². The molecule has 1 heterocycles. The van der Waals surface area contributed by atoms with Crippen molar-refractivity contribution in [3.8, 4) is 0 Å². The molecule has 1 nitrogen and oxygen atoms in total. The topological polar surface area (TPSA) is 12.9 Å². The Labute approximate surface area is 85.7 Å². The normalized spacial score (nSPS) is 19.5. The lowest BCUT2D eigenvalue weighted by Crippen LogP contribution is -2.05. The number of nitrogens with zero attached hydrogens (tertiary/aromatic N) is 1. The van der Waals surface area contributed by atoms with Crippen molar-refractivity contribution < 1.29 is 0 Å². The summed E-state index contributed by atoms with van der Waals surface area (Å²) in [6.45, 7) is 0. The SMILES string of the molecule is ClCC1(Cc2scnc2Cl)CC1. The number of hydrogen-bond donors (Lipinski definition) is 0. The zero-order chi connectivity index (χ0) is 8.60. The van der Waals surface area contributed by atoms with Gasteiger partial charge >= 0.3 is 0 Å². The molecule has 0 aliphatic heterocycles. The highest BCUT2D eigenvalue weighted by Crippen LogP contribution is 2.50. The second-order valence-corrected chi connectivity index (χ2v) is 4.94. The van der Waals surface area contributed by atoms with Gasteiger partial charge in [0, 0.05) is 10.8 Å². The van der Waals surface area contributed by atoms with Crippen molar-refractivity contribution >= 4 is 34.5 Å². The molecule has 0 N–H and O–H groups in total. The zero-order valence-corrected chi connectivity index (χ0v) is 8.85. The molecule has 1 aromatic rings. The minimum atomic E-state index is 0.359. The molecule has 66 valence electrons. The fraction of sp³-hybridized carbons (Fsp3) is 0.625. The van der Waals surface area contributed by atoms with Crippen LogP contribution in [0.1, 0.15) is 17.7 Å². The Morgan fingerprint density at radius 2 is 2.33 bits per heavy atom. The van der Waals surface area contributed by atoms with E-state index >= 15 is 0 Å². The first-order valence-electron chi connectivity index (χ1n) is 3.90. The standard InChI is InChI=1S/C8H9Cl2NS/c9-4-8(1-2-8)3-6-7(10)11-5-12-6/h5H,1-4H2. The van der Waals surface area contributed by atoms with Crippen molar-refractivity contribution in [3.63, 3.8) is 0 Å². The van der Waals surface area contributed by atoms with Crippen LogP contribution in [0, 0.1) is 5.41 Å². The van der Waals surface area contributed by atoms with Gasteiger partial charge in [0.05, 0.1) is 5.51 Å². The Balaban J connectivity index is 2.08. The molecule has 0 bridgehead atoms. The summed E-state index contributed by atoms with van der Waals surface area (Å²) in [6.07, 6.45) is 3.50. The molecule has 0 amide bonds. The van der Waals surface area contributed by atoms with E-state index in [9.17, 15) is 0 Å². The van der Waals surface area contributed by atoms with Crippen LogP contribution in [-0.4, -0.2) is 10.9 Å². The summed E-state index contributed by atoms with van der Waals surface area (Å²) >= 11 is 13.4. The minimum absolute atomic E-state index is 0.359. The van der Waals surface area contributed by atoms with E-state index in [1.807, 2.05) is 0 Å². The quantitative estimate of drug-likeness (QED) is 0.714. The van der Waals surface area contributed by atoms with Gasteiger partial charge in [-0.25, -0.2) is 4.98 Å². The summed E-state index contributed by atoms with van der Waals surface area (Å²) in [4.78, 5) is 5.19. The van der Waals surface area contributed by atoms with Crippen molar-refractivity contribution in [2.75, 3.05) is 5.88 Å². The van der Waals surface area contributed by atoms with Gasteiger partial charge in [0.25, 0.3) is 0 Å². The largest absolute Gasteiger partial charge is 0.233 e. The molecule has 1 fully saturated rings. The molecular formula is C8H9Cl2NS. The van der Waals surface area contributed by atoms with Crippen molar-refractivity contribution in [2.45, 2.75) is 19.3 Å². The Morgan fingerprint density at radius 3 is 2.75 bits per heavy atom. The molecule has 2 rings (SSSR count). The lowest BCUT2D eigenvalue weighted by Gasteiger charge is -2.08. The van der Waals surface area contributed by atoms with Crippen molar-refractivity contribution in [3.05, 3.63) is 15.5 Å². The Kier molecular flexibility index (Phi) is 2.32. The average molecular weight is 222 g/mol. The average Bonchev–Trinajstić information content (AvgIpc) is 2.74. The maximum atomic E-state index is 5.89. The number of hydrogen-bond acceptors (Lipinski definition) is 2. The second kappa shape index (κ2) is 3.17. The monoisotopic (exact) mass is 221 g/mol. The smallest absolute Gasteiger partial charge is 0.143 e. The van der Waals surface area contributed by atoms with Crippen LogP contribution < -0.4 is 0 Å². The molecule has 1 aliphatic rings. The molecule has 0 spiro atoms. The van der Waals surface area contributed by atoms with Crippen molar-refractivity contribution in [1.29, 1.82) is 0 Å². The summed E-state index contributed by atoms with van der Waals surface area (Å²) < 4.78 is 0. The van der Waals surface area contributed by atoms with Crippen molar-refractivity contribution in [2.24, 2.45) is 5.41 Å². The van der Waals surface area contributed by atoms with Crippen LogP contribution >= 0.6 is 34.5 Å². The van der Waals surface area contributed by atoms with Gasteiger partial charge in [0.15, 0.2) is 0 Å². The summed E-state index contributed by atoms with van der Waals surface area (Å²) in [5.74, 6) is 0.751. The molecule has 0 saturated heterocycles. The maximum Gasteiger partial charge on any atom is 0.143 e. The molecule has 1 aliphatic carbocycles. The summed E-state index contributed by atoms with van der Waals surface area (Å²) in [7, 11) is 0. The highest BCUT2D eigenvalue weighted by molar-refractivity contribution is 7.10. The maximum absolute atomic E-state index is 5.89. The van der Waals surface area contributed by atoms with Crippen LogP contribution in [-0.2, 0) is 6.42 Å². The van der Waals surface area contributed by atoms with Crippen LogP contribution in [0.2, 0.25) is 5.15 Å². The molecule has 12 heavy (non-hydrogen) atoms. The Hall–Kier alpha value is 0.210. The molecule has 0 unspecified atom stereocenters. The Bertz CT molecular complexity index is 280. The molecule has 0 atom stereocenters. The number of rotatable bonds is 3. The highest BCUT2D eigenvalue weighted by Gasteiger charge is 2.42. The van der Waals surface area contributed by atoms with Crippen molar-refractivity contribution in [1.82, 2.24) is 4.98 Å². The van der Waals surface area contributed by atoms with Crippen LogP contribution in [0.25, 0.3) is 0 Å². The third kappa shape index (κ3) is 1.61. The van der Waals surface area contributed by atoms with Gasteiger partial charge in [0.1, 0.15) is 5.15 Å². The van der Waals surface area contributed by atoms with E-state index in [4.69, 9.17) is 23.2 Å². The minimum Gasteiger partial charge on any atom is -0.233 e. The molecule has 0 aromatic carbocycles. The summed E-state index contributed by atoms with van der Waals surface area (Å²) in [5.41, 5.74) is 2.15. The van der Waals surface area contributed by atoms with E-state index in [-0.39, 0.29) is 0 Å². The van der Waals surface area contributed by atoms with Gasteiger partial charge in [-0.15, -0.1) is 22.9 Å². The fourth-order valence-corrected chi connectivity index (χ4v) is 2.74. The van der Waals surface area contributed by atoms with Crippen LogP contribution in [0.3, 0.4) is 0 Å². The first kappa shape index (κ1) is 8.79. The van der Waals surface area contributed by atoms with E-state index in [1.165, 1.54) is 17.7 Å². The summed E-state index contributed by atoms with van der Waals surface area (Å²) in [5, 5.41) is 0.663. The second-order valence-electron chi connectivity index (χ2n) is 3.38. The number of alkyl halides is 1. The van der Waals surface area contributed by atoms with E-state index in [0.717, 1.165) is 12.3 Å². The lowest BCUT2D eigenvalue weighted by atomic mass is 10.1.